The topological polar surface area (TPSA) is 138 Å². The Bertz CT molecular complexity index is 1280. The molecule has 2 bridgehead atoms. The number of Topliss-reactive ketones (excluding diaryl/α,β-unsaturated/α-hetero) is 1. The zero-order valence-electron chi connectivity index (χ0n) is 22.8. The molecule has 7 fully saturated rings. The summed E-state index contributed by atoms with van der Waals surface area (Å²) >= 11 is 0. The minimum Gasteiger partial charge on any atom is -0.507 e. The van der Waals surface area contributed by atoms with E-state index in [0.717, 1.165) is 0 Å². The third-order valence-corrected chi connectivity index (χ3v) is 12.1. The molecule has 212 valence electrons. The van der Waals surface area contributed by atoms with Crippen molar-refractivity contribution in [3.63, 3.8) is 0 Å². The van der Waals surface area contributed by atoms with Crippen LogP contribution < -0.4 is 0 Å². The molecule has 10 heteroatoms. The summed E-state index contributed by atoms with van der Waals surface area (Å²) in [6.45, 7) is 7.23. The molecule has 10 nitrogen and oxygen atoms in total. The molecule has 8 rings (SSSR count). The molecular weight excluding hydrogens is 508 g/mol. The van der Waals surface area contributed by atoms with Gasteiger partial charge in [0.2, 0.25) is 11.6 Å². The zero-order chi connectivity index (χ0) is 27.5. The number of hydrogen-bond donors (Lipinski definition) is 2. The highest BCUT2D eigenvalue weighted by Crippen LogP contribution is 2.74. The summed E-state index contributed by atoms with van der Waals surface area (Å²) in [5.74, 6) is -5.82. The average Bonchev–Trinajstić information content (AvgIpc) is 3.55. The Morgan fingerprint density at radius 3 is 2.51 bits per heavy atom. The van der Waals surface area contributed by atoms with Gasteiger partial charge in [-0.1, -0.05) is 20.8 Å². The first-order valence-corrected chi connectivity index (χ1v) is 14.4. The molecule has 0 radical (unpaired) electrons. The van der Waals surface area contributed by atoms with Gasteiger partial charge in [0.05, 0.1) is 24.5 Å². The van der Waals surface area contributed by atoms with Crippen molar-refractivity contribution in [2.24, 2.45) is 35.0 Å². The highest BCUT2D eigenvalue weighted by Gasteiger charge is 2.84. The summed E-state index contributed by atoms with van der Waals surface area (Å²) in [4.78, 5) is 39.4. The maximum Gasteiger partial charge on any atom is 0.311 e. The largest absolute Gasteiger partial charge is 0.507 e. The highest BCUT2D eigenvalue weighted by molar-refractivity contribution is 5.91. The van der Waals surface area contributed by atoms with Crippen molar-refractivity contribution in [3.8, 4) is 0 Å². The minimum absolute atomic E-state index is 0.0262. The van der Waals surface area contributed by atoms with Crippen molar-refractivity contribution < 1.29 is 48.3 Å². The summed E-state index contributed by atoms with van der Waals surface area (Å²) in [6.07, 6.45) is 1.95. The molecule has 1 unspecified atom stereocenters. The first-order chi connectivity index (χ1) is 18.3. The van der Waals surface area contributed by atoms with Gasteiger partial charge in [-0.2, -0.15) is 0 Å². The van der Waals surface area contributed by atoms with Crippen LogP contribution in [0.25, 0.3) is 0 Å². The van der Waals surface area contributed by atoms with Crippen LogP contribution in [0.3, 0.4) is 0 Å². The van der Waals surface area contributed by atoms with Crippen molar-refractivity contribution in [1.29, 1.82) is 0 Å². The SMILES string of the molecule is C[C@H]1C[C@@]2(OC1=O)O[C@@]13O[C@]4(CC[C@@]5(C)C(=O)[C@H](C)[C@@H]2C15)C[C@@]12OC(=O)C[C@@H]1O[C@](C)(CO)[C@H]2CCC4=C3O. The Hall–Kier alpha value is -2.01. The summed E-state index contributed by atoms with van der Waals surface area (Å²) in [5.41, 5.74) is -3.16. The molecule has 39 heavy (non-hydrogen) atoms. The molecule has 0 aromatic carbocycles. The van der Waals surface area contributed by atoms with Crippen molar-refractivity contribution in [2.45, 2.75) is 107 Å². The van der Waals surface area contributed by atoms with Crippen LogP contribution >= 0.6 is 0 Å². The van der Waals surface area contributed by atoms with Gasteiger partial charge in [-0.25, -0.2) is 0 Å². The zero-order valence-corrected chi connectivity index (χ0v) is 22.8. The fraction of sp³-hybridized carbons (Fsp3) is 0.828. The molecule has 0 amide bonds. The number of ether oxygens (including phenoxy) is 5. The highest BCUT2D eigenvalue weighted by atomic mass is 16.8. The number of rotatable bonds is 1. The van der Waals surface area contributed by atoms with Gasteiger partial charge in [0, 0.05) is 47.5 Å². The Morgan fingerprint density at radius 2 is 1.82 bits per heavy atom. The van der Waals surface area contributed by atoms with Crippen molar-refractivity contribution in [1.82, 2.24) is 0 Å². The first kappa shape index (κ1) is 24.8. The minimum atomic E-state index is -1.64. The summed E-state index contributed by atoms with van der Waals surface area (Å²) in [7, 11) is 0. The second-order valence-corrected chi connectivity index (χ2v) is 14.1. The van der Waals surface area contributed by atoms with Crippen LogP contribution in [0.4, 0.5) is 0 Å². The van der Waals surface area contributed by atoms with Crippen LogP contribution in [0.1, 0.15) is 72.6 Å². The maximum atomic E-state index is 14.0. The lowest BCUT2D eigenvalue weighted by Gasteiger charge is -2.41. The molecule has 2 saturated carbocycles. The third kappa shape index (κ3) is 2.50. The molecule has 6 aliphatic heterocycles. The molecule has 2 N–H and O–H groups in total. The molecule has 6 heterocycles. The normalized spacial score (nSPS) is 58.6. The van der Waals surface area contributed by atoms with E-state index in [0.29, 0.717) is 31.3 Å². The summed E-state index contributed by atoms with van der Waals surface area (Å²) < 4.78 is 32.3. The number of carbonyl (C=O) groups excluding carboxylic acids is 3. The van der Waals surface area contributed by atoms with Gasteiger partial charge >= 0.3 is 11.9 Å². The smallest absolute Gasteiger partial charge is 0.311 e. The van der Waals surface area contributed by atoms with Crippen molar-refractivity contribution in [3.05, 3.63) is 11.3 Å². The fourth-order valence-electron chi connectivity index (χ4n) is 10.6. The summed E-state index contributed by atoms with van der Waals surface area (Å²) in [6, 6.07) is 0. The van der Waals surface area contributed by atoms with Crippen molar-refractivity contribution >= 4 is 17.7 Å². The van der Waals surface area contributed by atoms with Crippen LogP contribution in [-0.4, -0.2) is 69.0 Å². The van der Waals surface area contributed by atoms with Crippen LogP contribution in [0.2, 0.25) is 0 Å². The maximum absolute atomic E-state index is 14.0. The Balaban J connectivity index is 1.31. The van der Waals surface area contributed by atoms with Gasteiger partial charge in [0.15, 0.2) is 5.76 Å². The number of fused-ring (bicyclic) bond motifs is 1. The Kier molecular flexibility index (Phi) is 4.37. The third-order valence-electron chi connectivity index (χ3n) is 12.1. The van der Waals surface area contributed by atoms with Gasteiger partial charge < -0.3 is 29.2 Å². The molecule has 5 saturated heterocycles. The average molecular weight is 545 g/mol. The number of aliphatic hydroxyl groups excluding tert-OH is 2. The molecule has 0 aromatic heterocycles. The van der Waals surface area contributed by atoms with Crippen LogP contribution in [0.5, 0.6) is 0 Å². The van der Waals surface area contributed by atoms with E-state index in [2.05, 4.69) is 0 Å². The fourth-order valence-corrected chi connectivity index (χ4v) is 10.6. The van der Waals surface area contributed by atoms with E-state index >= 15 is 0 Å². The van der Waals surface area contributed by atoms with E-state index in [4.69, 9.17) is 23.7 Å². The van der Waals surface area contributed by atoms with Gasteiger partial charge in [0.25, 0.3) is 0 Å². The number of ketones is 1. The van der Waals surface area contributed by atoms with Gasteiger partial charge in [-0.05, 0) is 32.6 Å². The molecule has 0 aromatic rings. The van der Waals surface area contributed by atoms with E-state index in [-0.39, 0.29) is 55.3 Å². The van der Waals surface area contributed by atoms with E-state index in [1.807, 2.05) is 20.8 Å². The molecule has 2 aliphatic carbocycles. The van der Waals surface area contributed by atoms with E-state index in [9.17, 15) is 24.6 Å². The molecular formula is C29H36O10. The first-order valence-electron chi connectivity index (χ1n) is 14.4. The van der Waals surface area contributed by atoms with Crippen LogP contribution in [0, 0.1) is 35.0 Å². The lowest BCUT2D eigenvalue weighted by atomic mass is 9.65. The number of aliphatic hydroxyl groups is 2. The van der Waals surface area contributed by atoms with E-state index in [1.165, 1.54) is 0 Å². The lowest BCUT2D eigenvalue weighted by molar-refractivity contribution is -0.322. The van der Waals surface area contributed by atoms with Gasteiger partial charge in [0.1, 0.15) is 23.1 Å². The number of hydrogen-bond acceptors (Lipinski definition) is 10. The monoisotopic (exact) mass is 544 g/mol. The van der Waals surface area contributed by atoms with Gasteiger partial charge in [-0.15, -0.1) is 0 Å². The van der Waals surface area contributed by atoms with Gasteiger partial charge in [-0.3, -0.25) is 19.1 Å². The summed E-state index contributed by atoms with van der Waals surface area (Å²) in [5, 5.41) is 22.5. The van der Waals surface area contributed by atoms with Crippen molar-refractivity contribution in [2.75, 3.05) is 6.61 Å². The lowest BCUT2D eigenvalue weighted by Crippen LogP contribution is -2.52. The molecule has 8 aliphatic rings. The van der Waals surface area contributed by atoms with E-state index < -0.39 is 63.6 Å². The quantitative estimate of drug-likeness (QED) is 0.474. The standard InChI is InChI=1S/C29H36O10/c1-13-10-28(37-23(13)34)19-14(2)21(32)24(3)7-8-26-11-27-16(25(4,12-30)35-17(27)9-18(31)36-27)6-5-15(26)22(33)29(38-26,39-28)20(19)24/h13-14,16-17,19-20,30,33H,5-12H2,1-4H3/t13-,14+,16+,17-,19+,20?,24+,25+,26+,27-,28+,29-/m0/s1. The number of carbonyl (C=O) groups is 3. The second kappa shape index (κ2) is 6.89. The number of esters is 2. The molecule has 4 spiro atoms. The molecule has 12 atom stereocenters. The van der Waals surface area contributed by atoms with Crippen LogP contribution in [-0.2, 0) is 38.1 Å². The van der Waals surface area contributed by atoms with Crippen LogP contribution in [0.15, 0.2) is 11.3 Å². The Morgan fingerprint density at radius 1 is 1.05 bits per heavy atom. The predicted octanol–water partition coefficient (Wildman–Crippen LogP) is 2.46. The second-order valence-electron chi connectivity index (χ2n) is 14.1. The van der Waals surface area contributed by atoms with E-state index in [1.54, 1.807) is 6.92 Å². The Labute approximate surface area is 226 Å². The predicted molar refractivity (Wildman–Crippen MR) is 130 cm³/mol.